The highest BCUT2D eigenvalue weighted by atomic mass is 16.5. The van der Waals surface area contributed by atoms with Gasteiger partial charge in [-0.3, -0.25) is 0 Å². The van der Waals surface area contributed by atoms with Crippen LogP contribution in [0.15, 0.2) is 18.3 Å². The number of aliphatic hydroxyl groups excluding tert-OH is 1. The summed E-state index contributed by atoms with van der Waals surface area (Å²) in [5.41, 5.74) is 6.29. The molecule has 1 aromatic rings. The molecule has 1 rings (SSSR count). The number of pyridine rings is 1. The molecule has 5 heteroatoms. The van der Waals surface area contributed by atoms with Crippen LogP contribution in [-0.2, 0) is 9.47 Å². The Morgan fingerprint density at radius 1 is 1.44 bits per heavy atom. The molecule has 1 aromatic heterocycles. The third-order valence-electron chi connectivity index (χ3n) is 2.20. The van der Waals surface area contributed by atoms with Crippen molar-refractivity contribution in [3.63, 3.8) is 0 Å². The van der Waals surface area contributed by atoms with Crippen LogP contribution in [0.3, 0.4) is 0 Å². The van der Waals surface area contributed by atoms with E-state index in [2.05, 4.69) is 4.98 Å². The van der Waals surface area contributed by atoms with Crippen LogP contribution in [0, 0.1) is 0 Å². The number of hydrogen-bond donors (Lipinski definition) is 2. The second-order valence-electron chi connectivity index (χ2n) is 3.39. The number of aliphatic hydroxyl groups is 1. The zero-order valence-corrected chi connectivity index (χ0v) is 9.43. The lowest BCUT2D eigenvalue weighted by Crippen LogP contribution is -2.09. The first kappa shape index (κ1) is 12.9. The number of nitrogens with two attached hydrogens (primary N) is 1. The lowest BCUT2D eigenvalue weighted by molar-refractivity contribution is 0.0476. The summed E-state index contributed by atoms with van der Waals surface area (Å²) in [5.74, 6) is 0.367. The van der Waals surface area contributed by atoms with Crippen molar-refractivity contribution in [2.45, 2.75) is 12.5 Å². The van der Waals surface area contributed by atoms with E-state index in [4.69, 9.17) is 15.2 Å². The molecule has 1 unspecified atom stereocenters. The molecule has 90 valence electrons. The van der Waals surface area contributed by atoms with Crippen LogP contribution in [-0.4, -0.2) is 37.0 Å². The standard InChI is InChI=1S/C11H18N2O3/c1-15-7-8-16-6-4-10(14)9-3-2-5-13-11(9)12/h2-3,5,10,14H,4,6-8H2,1H3,(H2,12,13). The number of anilines is 1. The van der Waals surface area contributed by atoms with E-state index in [0.29, 0.717) is 37.6 Å². The van der Waals surface area contributed by atoms with Crippen LogP contribution in [0.5, 0.6) is 0 Å². The van der Waals surface area contributed by atoms with E-state index in [1.165, 1.54) is 0 Å². The molecular weight excluding hydrogens is 208 g/mol. The first-order chi connectivity index (χ1) is 7.75. The molecule has 0 aliphatic rings. The summed E-state index contributed by atoms with van der Waals surface area (Å²) in [6, 6.07) is 3.52. The van der Waals surface area contributed by atoms with Crippen molar-refractivity contribution in [2.75, 3.05) is 32.7 Å². The predicted octanol–water partition coefficient (Wildman–Crippen LogP) is 0.750. The molecule has 1 atom stereocenters. The van der Waals surface area contributed by atoms with Gasteiger partial charge in [-0.05, 0) is 6.07 Å². The minimum atomic E-state index is -0.628. The molecule has 0 radical (unpaired) electrons. The van der Waals surface area contributed by atoms with Crippen LogP contribution in [0.1, 0.15) is 18.1 Å². The lowest BCUT2D eigenvalue weighted by atomic mass is 10.1. The monoisotopic (exact) mass is 226 g/mol. The van der Waals surface area contributed by atoms with Crippen molar-refractivity contribution in [3.05, 3.63) is 23.9 Å². The molecule has 0 aliphatic heterocycles. The number of nitrogen functional groups attached to an aromatic ring is 1. The first-order valence-electron chi connectivity index (χ1n) is 5.21. The second kappa shape index (κ2) is 7.16. The summed E-state index contributed by atoms with van der Waals surface area (Å²) in [4.78, 5) is 3.91. The van der Waals surface area contributed by atoms with Crippen molar-refractivity contribution >= 4 is 5.82 Å². The Kier molecular flexibility index (Phi) is 5.77. The van der Waals surface area contributed by atoms with Gasteiger partial charge in [0.1, 0.15) is 5.82 Å². The van der Waals surface area contributed by atoms with Gasteiger partial charge in [-0.2, -0.15) is 0 Å². The topological polar surface area (TPSA) is 77.6 Å². The fraction of sp³-hybridized carbons (Fsp3) is 0.545. The van der Waals surface area contributed by atoms with Crippen molar-refractivity contribution in [3.8, 4) is 0 Å². The van der Waals surface area contributed by atoms with Gasteiger partial charge in [0.2, 0.25) is 0 Å². The Hall–Kier alpha value is -1.17. The molecule has 5 nitrogen and oxygen atoms in total. The van der Waals surface area contributed by atoms with E-state index in [-0.39, 0.29) is 0 Å². The van der Waals surface area contributed by atoms with E-state index in [1.54, 1.807) is 25.4 Å². The molecule has 0 saturated heterocycles. The summed E-state index contributed by atoms with van der Waals surface area (Å²) in [6.07, 6.45) is 1.47. The average Bonchev–Trinajstić information content (AvgIpc) is 2.29. The predicted molar refractivity (Wildman–Crippen MR) is 60.9 cm³/mol. The SMILES string of the molecule is COCCOCCC(O)c1cccnc1N. The molecule has 1 heterocycles. The number of rotatable bonds is 7. The highest BCUT2D eigenvalue weighted by Gasteiger charge is 2.10. The van der Waals surface area contributed by atoms with Crippen LogP contribution in [0.4, 0.5) is 5.82 Å². The number of nitrogens with zero attached hydrogens (tertiary/aromatic N) is 1. The van der Waals surface area contributed by atoms with Crippen molar-refractivity contribution in [1.29, 1.82) is 0 Å². The molecule has 0 saturated carbocycles. The quantitative estimate of drug-likeness (QED) is 0.671. The van der Waals surface area contributed by atoms with Gasteiger partial charge in [0.15, 0.2) is 0 Å². The third-order valence-corrected chi connectivity index (χ3v) is 2.20. The Labute approximate surface area is 95.2 Å². The van der Waals surface area contributed by atoms with Gasteiger partial charge >= 0.3 is 0 Å². The maximum absolute atomic E-state index is 9.83. The molecule has 0 aromatic carbocycles. The molecular formula is C11H18N2O3. The molecule has 0 spiro atoms. The minimum absolute atomic E-state index is 0.367. The smallest absolute Gasteiger partial charge is 0.129 e. The second-order valence-corrected chi connectivity index (χ2v) is 3.39. The maximum Gasteiger partial charge on any atom is 0.129 e. The Morgan fingerprint density at radius 3 is 2.94 bits per heavy atom. The first-order valence-corrected chi connectivity index (χ1v) is 5.21. The largest absolute Gasteiger partial charge is 0.388 e. The molecule has 0 aliphatic carbocycles. The van der Waals surface area contributed by atoms with Gasteiger partial charge in [0, 0.05) is 31.9 Å². The van der Waals surface area contributed by atoms with Crippen molar-refractivity contribution < 1.29 is 14.6 Å². The highest BCUT2D eigenvalue weighted by molar-refractivity contribution is 5.39. The molecule has 3 N–H and O–H groups in total. The highest BCUT2D eigenvalue weighted by Crippen LogP contribution is 2.20. The van der Waals surface area contributed by atoms with Gasteiger partial charge in [-0.25, -0.2) is 4.98 Å². The minimum Gasteiger partial charge on any atom is -0.388 e. The third kappa shape index (κ3) is 4.14. The number of ether oxygens (including phenoxy) is 2. The summed E-state index contributed by atoms with van der Waals surface area (Å²) in [7, 11) is 1.62. The molecule has 0 bridgehead atoms. The molecule has 16 heavy (non-hydrogen) atoms. The Morgan fingerprint density at radius 2 is 2.25 bits per heavy atom. The van der Waals surface area contributed by atoms with Gasteiger partial charge in [-0.15, -0.1) is 0 Å². The van der Waals surface area contributed by atoms with E-state index in [1.807, 2.05) is 0 Å². The van der Waals surface area contributed by atoms with Crippen LogP contribution >= 0.6 is 0 Å². The maximum atomic E-state index is 9.83. The zero-order valence-electron chi connectivity index (χ0n) is 9.43. The van der Waals surface area contributed by atoms with Crippen molar-refractivity contribution in [1.82, 2.24) is 4.98 Å². The van der Waals surface area contributed by atoms with Crippen LogP contribution in [0.25, 0.3) is 0 Å². The number of methoxy groups -OCH3 is 1. The lowest BCUT2D eigenvalue weighted by Gasteiger charge is -2.12. The summed E-state index contributed by atoms with van der Waals surface area (Å²) in [6.45, 7) is 1.57. The van der Waals surface area contributed by atoms with Gasteiger partial charge in [0.25, 0.3) is 0 Å². The van der Waals surface area contributed by atoms with Crippen LogP contribution in [0.2, 0.25) is 0 Å². The van der Waals surface area contributed by atoms with Gasteiger partial charge in [0.05, 0.1) is 19.3 Å². The number of hydrogen-bond acceptors (Lipinski definition) is 5. The van der Waals surface area contributed by atoms with E-state index in [0.717, 1.165) is 0 Å². The van der Waals surface area contributed by atoms with Crippen LogP contribution < -0.4 is 5.73 Å². The fourth-order valence-corrected chi connectivity index (χ4v) is 1.31. The average molecular weight is 226 g/mol. The molecule has 0 fully saturated rings. The van der Waals surface area contributed by atoms with E-state index in [9.17, 15) is 5.11 Å². The fourth-order valence-electron chi connectivity index (χ4n) is 1.31. The van der Waals surface area contributed by atoms with E-state index >= 15 is 0 Å². The number of aromatic nitrogens is 1. The zero-order chi connectivity index (χ0) is 11.8. The Balaban J connectivity index is 2.30. The summed E-state index contributed by atoms with van der Waals surface area (Å²) >= 11 is 0. The molecule has 0 amide bonds. The van der Waals surface area contributed by atoms with E-state index < -0.39 is 6.10 Å². The van der Waals surface area contributed by atoms with Gasteiger partial charge < -0.3 is 20.3 Å². The summed E-state index contributed by atoms with van der Waals surface area (Å²) in [5, 5.41) is 9.83. The van der Waals surface area contributed by atoms with Gasteiger partial charge in [-0.1, -0.05) is 6.07 Å². The van der Waals surface area contributed by atoms with Crippen molar-refractivity contribution in [2.24, 2.45) is 0 Å². The summed E-state index contributed by atoms with van der Waals surface area (Å²) < 4.78 is 10.1. The Bertz CT molecular complexity index is 307. The normalized spacial score (nSPS) is 12.6.